The molecule has 3 aromatic rings. The summed E-state index contributed by atoms with van der Waals surface area (Å²) in [5.74, 6) is -0.239. The smallest absolute Gasteiger partial charge is 0.258 e. The van der Waals surface area contributed by atoms with E-state index in [2.05, 4.69) is 15.4 Å². The number of anilines is 1. The van der Waals surface area contributed by atoms with E-state index in [1.807, 2.05) is 30.5 Å². The minimum Gasteiger partial charge on any atom is -0.320 e. The van der Waals surface area contributed by atoms with E-state index < -0.39 is 0 Å². The van der Waals surface area contributed by atoms with Gasteiger partial charge in [-0.25, -0.2) is 9.67 Å². The maximum absolute atomic E-state index is 12.3. The molecule has 0 aliphatic carbocycles. The molecule has 23 heavy (non-hydrogen) atoms. The van der Waals surface area contributed by atoms with Gasteiger partial charge in [-0.1, -0.05) is 17.7 Å². The van der Waals surface area contributed by atoms with Crippen LogP contribution in [0, 0.1) is 0 Å². The number of amides is 1. The fourth-order valence-electron chi connectivity index (χ4n) is 1.98. The normalized spacial score (nSPS) is 10.5. The zero-order valence-electron chi connectivity index (χ0n) is 12.2. The summed E-state index contributed by atoms with van der Waals surface area (Å²) in [6.07, 6.45) is 6.75. The fourth-order valence-corrected chi connectivity index (χ4v) is 2.52. The Morgan fingerprint density at radius 1 is 1.26 bits per heavy atom. The van der Waals surface area contributed by atoms with E-state index in [1.165, 1.54) is 6.20 Å². The van der Waals surface area contributed by atoms with Gasteiger partial charge in [-0.2, -0.15) is 5.10 Å². The van der Waals surface area contributed by atoms with Crippen LogP contribution in [0.5, 0.6) is 0 Å². The van der Waals surface area contributed by atoms with Crippen molar-refractivity contribution in [3.63, 3.8) is 0 Å². The van der Waals surface area contributed by atoms with Crippen molar-refractivity contribution in [2.75, 3.05) is 11.6 Å². The standard InChI is InChI=1S/C16H13ClN4OS/c1-23-15-6-5-13(9-18-15)20-16(22)11-8-19-21(10-11)14-4-2-3-12(17)7-14/h2-10H,1H3,(H,20,22). The van der Waals surface area contributed by atoms with Gasteiger partial charge in [-0.15, -0.1) is 11.8 Å². The molecular formula is C16H13ClN4OS. The summed E-state index contributed by atoms with van der Waals surface area (Å²) in [6, 6.07) is 10.9. The Balaban J connectivity index is 1.75. The third-order valence-electron chi connectivity index (χ3n) is 3.12. The highest BCUT2D eigenvalue weighted by molar-refractivity contribution is 7.98. The molecule has 0 saturated heterocycles. The number of carbonyl (C=O) groups is 1. The maximum atomic E-state index is 12.3. The first-order chi connectivity index (χ1) is 11.2. The van der Waals surface area contributed by atoms with Crippen molar-refractivity contribution in [1.29, 1.82) is 0 Å². The van der Waals surface area contributed by atoms with Gasteiger partial charge in [0.1, 0.15) is 0 Å². The summed E-state index contributed by atoms with van der Waals surface area (Å²) in [6.45, 7) is 0. The van der Waals surface area contributed by atoms with Crippen molar-refractivity contribution in [3.05, 3.63) is 65.6 Å². The Bertz CT molecular complexity index is 832. The lowest BCUT2D eigenvalue weighted by Gasteiger charge is -2.04. The molecule has 0 bridgehead atoms. The molecule has 0 atom stereocenters. The fraction of sp³-hybridized carbons (Fsp3) is 0.0625. The Morgan fingerprint density at radius 3 is 2.83 bits per heavy atom. The summed E-state index contributed by atoms with van der Waals surface area (Å²) in [4.78, 5) is 16.5. The predicted octanol–water partition coefficient (Wildman–Crippen LogP) is 3.89. The second kappa shape index (κ2) is 6.85. The first-order valence-electron chi connectivity index (χ1n) is 6.78. The topological polar surface area (TPSA) is 59.8 Å². The van der Waals surface area contributed by atoms with Crippen LogP contribution >= 0.6 is 23.4 Å². The molecule has 1 aromatic carbocycles. The molecule has 0 saturated carbocycles. The van der Waals surface area contributed by atoms with Gasteiger partial charge in [0.05, 0.1) is 34.4 Å². The lowest BCUT2D eigenvalue weighted by atomic mass is 10.3. The molecule has 0 fully saturated rings. The van der Waals surface area contributed by atoms with Gasteiger partial charge in [0.15, 0.2) is 0 Å². The number of aromatic nitrogens is 3. The molecule has 116 valence electrons. The van der Waals surface area contributed by atoms with Crippen molar-refractivity contribution in [3.8, 4) is 5.69 Å². The summed E-state index contributed by atoms with van der Waals surface area (Å²) in [7, 11) is 0. The van der Waals surface area contributed by atoms with Gasteiger partial charge in [-0.3, -0.25) is 4.79 Å². The molecular weight excluding hydrogens is 332 g/mol. The van der Waals surface area contributed by atoms with Crippen molar-refractivity contribution in [2.45, 2.75) is 5.03 Å². The third-order valence-corrected chi connectivity index (χ3v) is 4.02. The zero-order chi connectivity index (χ0) is 16.2. The van der Waals surface area contributed by atoms with Gasteiger partial charge >= 0.3 is 0 Å². The molecule has 0 radical (unpaired) electrons. The van der Waals surface area contributed by atoms with Gasteiger partial charge in [0, 0.05) is 11.2 Å². The molecule has 5 nitrogen and oxygen atoms in total. The van der Waals surface area contributed by atoms with Crippen LogP contribution in [0.25, 0.3) is 5.69 Å². The summed E-state index contributed by atoms with van der Waals surface area (Å²) >= 11 is 7.51. The average Bonchev–Trinajstić information content (AvgIpc) is 3.06. The molecule has 3 rings (SSSR count). The number of carbonyl (C=O) groups excluding carboxylic acids is 1. The molecule has 1 amide bonds. The summed E-state index contributed by atoms with van der Waals surface area (Å²) in [5.41, 5.74) is 1.89. The molecule has 0 aliphatic heterocycles. The Labute approximate surface area is 142 Å². The van der Waals surface area contributed by atoms with E-state index >= 15 is 0 Å². The highest BCUT2D eigenvalue weighted by Crippen LogP contribution is 2.16. The zero-order valence-corrected chi connectivity index (χ0v) is 13.8. The van der Waals surface area contributed by atoms with E-state index in [9.17, 15) is 4.79 Å². The number of nitrogens with one attached hydrogen (secondary N) is 1. The lowest BCUT2D eigenvalue weighted by Crippen LogP contribution is -2.11. The van der Waals surface area contributed by atoms with Crippen LogP contribution in [0.4, 0.5) is 5.69 Å². The molecule has 0 spiro atoms. The SMILES string of the molecule is CSc1ccc(NC(=O)c2cnn(-c3cccc(Cl)c3)c2)cn1. The van der Waals surface area contributed by atoms with Gasteiger partial charge < -0.3 is 5.32 Å². The number of nitrogens with zero attached hydrogens (tertiary/aromatic N) is 3. The number of halogens is 1. The van der Waals surface area contributed by atoms with Crippen molar-refractivity contribution < 1.29 is 4.79 Å². The third kappa shape index (κ3) is 3.72. The second-order valence-corrected chi connectivity index (χ2v) is 5.96. The first kappa shape index (κ1) is 15.6. The first-order valence-corrected chi connectivity index (χ1v) is 8.38. The van der Waals surface area contributed by atoms with Crippen molar-refractivity contribution in [2.24, 2.45) is 0 Å². The number of benzene rings is 1. The van der Waals surface area contributed by atoms with E-state index in [4.69, 9.17) is 11.6 Å². The maximum Gasteiger partial charge on any atom is 0.258 e. The highest BCUT2D eigenvalue weighted by Gasteiger charge is 2.10. The van der Waals surface area contributed by atoms with Crippen LogP contribution < -0.4 is 5.32 Å². The lowest BCUT2D eigenvalue weighted by molar-refractivity contribution is 0.102. The minimum atomic E-state index is -0.239. The largest absolute Gasteiger partial charge is 0.320 e. The molecule has 1 N–H and O–H groups in total. The van der Waals surface area contributed by atoms with Crippen molar-refractivity contribution in [1.82, 2.24) is 14.8 Å². The number of pyridine rings is 1. The number of rotatable bonds is 4. The van der Waals surface area contributed by atoms with Crippen molar-refractivity contribution >= 4 is 35.0 Å². The second-order valence-electron chi connectivity index (χ2n) is 4.70. The van der Waals surface area contributed by atoms with Gasteiger partial charge in [0.25, 0.3) is 5.91 Å². The molecule has 0 unspecified atom stereocenters. The van der Waals surface area contributed by atoms with Crippen LogP contribution in [0.2, 0.25) is 5.02 Å². The van der Waals surface area contributed by atoms with Crippen LogP contribution in [0.15, 0.2) is 60.0 Å². The average molecular weight is 345 g/mol. The molecule has 7 heteroatoms. The summed E-state index contributed by atoms with van der Waals surface area (Å²) < 4.78 is 1.61. The van der Waals surface area contributed by atoms with E-state index in [0.29, 0.717) is 16.3 Å². The molecule has 2 heterocycles. The number of thioether (sulfide) groups is 1. The van der Waals surface area contributed by atoms with Gasteiger partial charge in [-0.05, 0) is 36.6 Å². The Hall–Kier alpha value is -2.31. The van der Waals surface area contributed by atoms with Crippen LogP contribution in [0.3, 0.4) is 0 Å². The monoisotopic (exact) mass is 344 g/mol. The van der Waals surface area contributed by atoms with E-state index in [0.717, 1.165) is 10.7 Å². The quantitative estimate of drug-likeness (QED) is 0.729. The summed E-state index contributed by atoms with van der Waals surface area (Å²) in [5, 5.41) is 8.51. The van der Waals surface area contributed by atoms with Crippen LogP contribution in [-0.2, 0) is 0 Å². The number of hydrogen-bond donors (Lipinski definition) is 1. The van der Waals surface area contributed by atoms with Crippen LogP contribution in [-0.4, -0.2) is 26.9 Å². The number of hydrogen-bond acceptors (Lipinski definition) is 4. The molecule has 0 aliphatic rings. The molecule has 2 aromatic heterocycles. The van der Waals surface area contributed by atoms with E-state index in [1.54, 1.807) is 41.0 Å². The highest BCUT2D eigenvalue weighted by atomic mass is 35.5. The van der Waals surface area contributed by atoms with Gasteiger partial charge in [0.2, 0.25) is 0 Å². The minimum absolute atomic E-state index is 0.239. The Kier molecular flexibility index (Phi) is 4.64. The Morgan fingerprint density at radius 2 is 2.13 bits per heavy atom. The van der Waals surface area contributed by atoms with Crippen LogP contribution in [0.1, 0.15) is 10.4 Å². The van der Waals surface area contributed by atoms with E-state index in [-0.39, 0.29) is 5.91 Å². The predicted molar refractivity (Wildman–Crippen MR) is 92.5 cm³/mol.